The van der Waals surface area contributed by atoms with Crippen molar-refractivity contribution in [2.45, 2.75) is 59.0 Å². The Hall–Kier alpha value is -2.65. The highest BCUT2D eigenvalue weighted by Crippen LogP contribution is 2.15. The predicted molar refractivity (Wildman–Crippen MR) is 97.5 cm³/mol. The fourth-order valence-corrected chi connectivity index (χ4v) is 2.34. The van der Waals surface area contributed by atoms with Crippen molar-refractivity contribution in [3.05, 3.63) is 0 Å². The van der Waals surface area contributed by atoms with Gasteiger partial charge in [-0.25, -0.2) is 9.59 Å². The van der Waals surface area contributed by atoms with E-state index in [9.17, 15) is 24.0 Å². The van der Waals surface area contributed by atoms with Crippen molar-refractivity contribution in [3.63, 3.8) is 0 Å². The highest BCUT2D eigenvalue weighted by atomic mass is 16.7. The normalized spacial score (nSPS) is 15.2. The largest absolute Gasteiger partial charge is 0.444 e. The smallest absolute Gasteiger partial charge is 0.410 e. The number of rotatable bonds is 8. The molecule has 10 nitrogen and oxygen atoms in total. The van der Waals surface area contributed by atoms with Gasteiger partial charge in [-0.05, 0) is 27.2 Å². The number of imide groups is 1. The Morgan fingerprint density at radius 3 is 2.25 bits per heavy atom. The number of likely N-dealkylation sites (N-methyl/N-ethyl adjacent to an activating group) is 1. The molecule has 158 valence electrons. The molecular weight excluding hydrogens is 370 g/mol. The van der Waals surface area contributed by atoms with Crippen LogP contribution in [0.5, 0.6) is 0 Å². The van der Waals surface area contributed by atoms with Gasteiger partial charge in [-0.2, -0.15) is 0 Å². The molecule has 0 aliphatic carbocycles. The predicted octanol–water partition coefficient (Wildman–Crippen LogP) is 0.993. The summed E-state index contributed by atoms with van der Waals surface area (Å²) in [5.41, 5.74) is -0.611. The minimum atomic E-state index is -0.823. The number of ether oxygens (including phenoxy) is 1. The summed E-state index contributed by atoms with van der Waals surface area (Å²) in [6.45, 7) is 7.43. The van der Waals surface area contributed by atoms with Crippen molar-refractivity contribution in [1.29, 1.82) is 0 Å². The molecular formula is C18H29N3O7. The molecule has 1 N–H and O–H groups in total. The average molecular weight is 399 g/mol. The third-order valence-corrected chi connectivity index (χ3v) is 3.93. The molecule has 4 amide bonds. The van der Waals surface area contributed by atoms with Crippen LogP contribution in [0, 0.1) is 5.92 Å². The molecule has 1 rings (SSSR count). The van der Waals surface area contributed by atoms with E-state index >= 15 is 0 Å². The van der Waals surface area contributed by atoms with Gasteiger partial charge in [0.25, 0.3) is 11.8 Å². The van der Waals surface area contributed by atoms with Crippen LogP contribution in [0.15, 0.2) is 0 Å². The molecule has 28 heavy (non-hydrogen) atoms. The molecule has 1 unspecified atom stereocenters. The van der Waals surface area contributed by atoms with Crippen LogP contribution in [0.25, 0.3) is 0 Å². The summed E-state index contributed by atoms with van der Waals surface area (Å²) < 4.78 is 5.21. The maximum atomic E-state index is 12.3. The van der Waals surface area contributed by atoms with Crippen LogP contribution in [-0.2, 0) is 28.8 Å². The minimum absolute atomic E-state index is 0.00890. The molecule has 0 aromatic carbocycles. The monoisotopic (exact) mass is 399 g/mol. The van der Waals surface area contributed by atoms with Gasteiger partial charge in [-0.3, -0.25) is 14.4 Å². The number of nitrogens with zero attached hydrogens (tertiary/aromatic N) is 2. The second-order valence-corrected chi connectivity index (χ2v) is 7.55. The van der Waals surface area contributed by atoms with E-state index in [0.29, 0.717) is 11.5 Å². The van der Waals surface area contributed by atoms with Crippen molar-refractivity contribution in [1.82, 2.24) is 15.3 Å². The van der Waals surface area contributed by atoms with Gasteiger partial charge in [-0.1, -0.05) is 6.92 Å². The Kier molecular flexibility index (Phi) is 8.39. The highest BCUT2D eigenvalue weighted by Gasteiger charge is 2.33. The molecule has 1 aliphatic rings. The van der Waals surface area contributed by atoms with Gasteiger partial charge in [0.2, 0.25) is 5.91 Å². The number of carbonyl (C=O) groups is 5. The summed E-state index contributed by atoms with van der Waals surface area (Å²) in [5.74, 6) is -3.01. The molecule has 0 aromatic heterocycles. The lowest BCUT2D eigenvalue weighted by molar-refractivity contribution is -0.198. The molecule has 0 aromatic rings. The number of amides is 4. The third kappa shape index (κ3) is 7.53. The zero-order chi connectivity index (χ0) is 21.5. The molecule has 10 heteroatoms. The van der Waals surface area contributed by atoms with Crippen LogP contribution < -0.4 is 5.32 Å². The molecule has 1 saturated heterocycles. The van der Waals surface area contributed by atoms with Crippen LogP contribution in [-0.4, -0.2) is 65.5 Å². The molecule has 0 bridgehead atoms. The SMILES string of the molecule is CCC(CC(=O)ON1C(=O)CCC1=O)C(=O)NCCN(C)C(=O)OC(C)(C)C. The van der Waals surface area contributed by atoms with E-state index < -0.39 is 35.4 Å². The molecule has 1 fully saturated rings. The summed E-state index contributed by atoms with van der Waals surface area (Å²) >= 11 is 0. The molecule has 0 radical (unpaired) electrons. The van der Waals surface area contributed by atoms with E-state index in [1.807, 2.05) is 0 Å². The van der Waals surface area contributed by atoms with Crippen LogP contribution in [0.2, 0.25) is 0 Å². The van der Waals surface area contributed by atoms with Gasteiger partial charge in [-0.15, -0.1) is 5.06 Å². The van der Waals surface area contributed by atoms with Crippen molar-refractivity contribution in [2.24, 2.45) is 5.92 Å². The average Bonchev–Trinajstić information content (AvgIpc) is 2.89. The number of hydroxylamine groups is 2. The first-order valence-corrected chi connectivity index (χ1v) is 9.23. The molecule has 1 heterocycles. The van der Waals surface area contributed by atoms with Crippen LogP contribution >= 0.6 is 0 Å². The highest BCUT2D eigenvalue weighted by molar-refractivity contribution is 6.01. The second kappa shape index (κ2) is 10.0. The van der Waals surface area contributed by atoms with Crippen LogP contribution in [0.4, 0.5) is 4.79 Å². The first-order valence-electron chi connectivity index (χ1n) is 9.23. The quantitative estimate of drug-likeness (QED) is 0.604. The minimum Gasteiger partial charge on any atom is -0.444 e. The Bertz CT molecular complexity index is 611. The Morgan fingerprint density at radius 2 is 1.75 bits per heavy atom. The van der Waals surface area contributed by atoms with Gasteiger partial charge in [0.15, 0.2) is 0 Å². The van der Waals surface area contributed by atoms with E-state index in [1.54, 1.807) is 34.7 Å². The van der Waals surface area contributed by atoms with Gasteiger partial charge in [0.1, 0.15) is 5.60 Å². The summed E-state index contributed by atoms with van der Waals surface area (Å²) in [4.78, 5) is 65.1. The standard InChI is InChI=1S/C18H29N3O7/c1-6-12(11-15(24)28-21-13(22)7-8-14(21)23)16(25)19-9-10-20(5)17(26)27-18(2,3)4/h12H,6-11H2,1-5H3,(H,19,25). The number of nitrogens with one attached hydrogen (secondary N) is 1. The van der Waals surface area contributed by atoms with E-state index in [4.69, 9.17) is 9.57 Å². The fourth-order valence-electron chi connectivity index (χ4n) is 2.34. The Balaban J connectivity index is 2.42. The van der Waals surface area contributed by atoms with E-state index in [0.717, 1.165) is 0 Å². The zero-order valence-corrected chi connectivity index (χ0v) is 17.1. The lowest BCUT2D eigenvalue weighted by Gasteiger charge is -2.25. The lowest BCUT2D eigenvalue weighted by atomic mass is 10.0. The number of hydrogen-bond donors (Lipinski definition) is 1. The third-order valence-electron chi connectivity index (χ3n) is 3.93. The first-order chi connectivity index (χ1) is 12.9. The topological polar surface area (TPSA) is 122 Å². The summed E-state index contributed by atoms with van der Waals surface area (Å²) in [7, 11) is 1.55. The van der Waals surface area contributed by atoms with E-state index in [2.05, 4.69) is 5.32 Å². The van der Waals surface area contributed by atoms with E-state index in [-0.39, 0.29) is 38.3 Å². The van der Waals surface area contributed by atoms with Crippen molar-refractivity contribution in [2.75, 3.05) is 20.1 Å². The van der Waals surface area contributed by atoms with Gasteiger partial charge >= 0.3 is 12.1 Å². The maximum absolute atomic E-state index is 12.3. The molecule has 0 spiro atoms. The Morgan fingerprint density at radius 1 is 1.18 bits per heavy atom. The van der Waals surface area contributed by atoms with E-state index in [1.165, 1.54) is 4.90 Å². The summed E-state index contributed by atoms with van der Waals surface area (Å²) in [6.07, 6.45) is -0.381. The molecule has 1 aliphatic heterocycles. The number of carbonyl (C=O) groups excluding carboxylic acids is 5. The van der Waals surface area contributed by atoms with Crippen molar-refractivity contribution in [3.8, 4) is 0 Å². The molecule has 0 saturated carbocycles. The maximum Gasteiger partial charge on any atom is 0.410 e. The first kappa shape index (κ1) is 23.4. The second-order valence-electron chi connectivity index (χ2n) is 7.55. The fraction of sp³-hybridized carbons (Fsp3) is 0.722. The van der Waals surface area contributed by atoms with Crippen molar-refractivity contribution < 1.29 is 33.5 Å². The zero-order valence-electron chi connectivity index (χ0n) is 17.1. The Labute approximate surface area is 164 Å². The van der Waals surface area contributed by atoms with Crippen molar-refractivity contribution >= 4 is 29.8 Å². The van der Waals surface area contributed by atoms with Gasteiger partial charge < -0.3 is 19.8 Å². The van der Waals surface area contributed by atoms with Gasteiger partial charge in [0, 0.05) is 38.9 Å². The van der Waals surface area contributed by atoms with Crippen LogP contribution in [0.1, 0.15) is 53.4 Å². The number of hydrogen-bond acceptors (Lipinski definition) is 7. The summed E-state index contributed by atoms with van der Waals surface area (Å²) in [6, 6.07) is 0. The lowest BCUT2D eigenvalue weighted by Crippen LogP contribution is -2.41. The molecule has 1 atom stereocenters. The van der Waals surface area contributed by atoms with Crippen LogP contribution in [0.3, 0.4) is 0 Å². The summed E-state index contributed by atoms with van der Waals surface area (Å²) in [5, 5.41) is 3.12. The van der Waals surface area contributed by atoms with Gasteiger partial charge in [0.05, 0.1) is 6.42 Å².